The molecule has 12 aromatic rings. The highest BCUT2D eigenvalue weighted by Crippen LogP contribution is 2.46. The number of rotatable bonds is 8. The monoisotopic (exact) mass is 836 g/mol. The van der Waals surface area contributed by atoms with Gasteiger partial charge in [-0.2, -0.15) is 0 Å². The van der Waals surface area contributed by atoms with E-state index in [0.29, 0.717) is 0 Å². The minimum Gasteiger partial charge on any atom is -0.0622 e. The molecule has 12 rings (SSSR count). The highest BCUT2D eigenvalue weighted by Gasteiger charge is 2.19. The molecule has 0 fully saturated rings. The van der Waals surface area contributed by atoms with Gasteiger partial charge in [-0.15, -0.1) is 0 Å². The van der Waals surface area contributed by atoms with Crippen LogP contribution in [0.1, 0.15) is 11.1 Å². The topological polar surface area (TPSA) is 0 Å². The van der Waals surface area contributed by atoms with Crippen LogP contribution in [0.5, 0.6) is 0 Å². The fourth-order valence-corrected chi connectivity index (χ4v) is 10.2. The molecule has 0 unspecified atom stereocenters. The van der Waals surface area contributed by atoms with E-state index in [1.165, 1.54) is 110 Å². The Morgan fingerprint density at radius 1 is 0.167 bits per heavy atom. The minimum absolute atomic E-state index is 1.16. The van der Waals surface area contributed by atoms with E-state index in [2.05, 4.69) is 267 Å². The van der Waals surface area contributed by atoms with E-state index >= 15 is 0 Å². The summed E-state index contributed by atoms with van der Waals surface area (Å²) >= 11 is 0. The Bertz CT molecular complexity index is 3710. The predicted octanol–water partition coefficient (Wildman–Crippen LogP) is 18.5. The summed E-state index contributed by atoms with van der Waals surface area (Å²) in [4.78, 5) is 0. The molecule has 0 spiro atoms. The highest BCUT2D eigenvalue weighted by molar-refractivity contribution is 6.23. The van der Waals surface area contributed by atoms with Gasteiger partial charge in [0.2, 0.25) is 0 Å². The highest BCUT2D eigenvalue weighted by atomic mass is 14.2. The van der Waals surface area contributed by atoms with Crippen molar-refractivity contribution in [1.29, 1.82) is 0 Å². The smallest absolute Gasteiger partial charge is 0.00262 e. The number of hydrogen-bond donors (Lipinski definition) is 0. The molecule has 0 atom stereocenters. The lowest BCUT2D eigenvalue weighted by Crippen LogP contribution is -1.91. The van der Waals surface area contributed by atoms with Crippen molar-refractivity contribution in [3.8, 4) is 66.8 Å². The summed E-state index contributed by atoms with van der Waals surface area (Å²) < 4.78 is 0. The second-order valence-corrected chi connectivity index (χ2v) is 17.2. The average Bonchev–Trinajstić information content (AvgIpc) is 3.39. The van der Waals surface area contributed by atoms with Crippen molar-refractivity contribution in [3.05, 3.63) is 266 Å². The Hall–Kier alpha value is -8.58. The molecule has 0 aliphatic heterocycles. The van der Waals surface area contributed by atoms with Crippen LogP contribution in [-0.2, 0) is 0 Å². The molecule has 0 saturated heterocycles. The maximum absolute atomic E-state index is 2.40. The van der Waals surface area contributed by atoms with Crippen molar-refractivity contribution < 1.29 is 0 Å². The van der Waals surface area contributed by atoms with E-state index in [1.807, 2.05) is 0 Å². The van der Waals surface area contributed by atoms with Crippen LogP contribution in [0.2, 0.25) is 0 Å². The second kappa shape index (κ2) is 16.8. The third-order valence-electron chi connectivity index (χ3n) is 13.2. The Balaban J connectivity index is 0.874. The Morgan fingerprint density at radius 3 is 0.848 bits per heavy atom. The molecule has 0 N–H and O–H groups in total. The van der Waals surface area contributed by atoms with Gasteiger partial charge in [0.25, 0.3) is 0 Å². The van der Waals surface area contributed by atoms with Gasteiger partial charge in [0, 0.05) is 0 Å². The molecule has 0 heterocycles. The maximum atomic E-state index is 2.40. The molecule has 12 aromatic carbocycles. The molecular weight excluding hydrogens is 793 g/mol. The molecule has 0 aliphatic rings. The molecule has 0 aromatic heterocycles. The molecule has 308 valence electrons. The van der Waals surface area contributed by atoms with Crippen LogP contribution in [0.25, 0.3) is 122 Å². The summed E-state index contributed by atoms with van der Waals surface area (Å²) in [5.74, 6) is 0. The second-order valence-electron chi connectivity index (χ2n) is 17.2. The van der Waals surface area contributed by atoms with Crippen LogP contribution in [0.3, 0.4) is 0 Å². The van der Waals surface area contributed by atoms with E-state index in [0.717, 1.165) is 11.1 Å². The third kappa shape index (κ3) is 7.06. The Labute approximate surface area is 386 Å². The van der Waals surface area contributed by atoms with Crippen molar-refractivity contribution in [2.75, 3.05) is 0 Å². The fraction of sp³-hybridized carbons (Fsp3) is 0. The Kier molecular flexibility index (Phi) is 9.97. The number of hydrogen-bond acceptors (Lipinski definition) is 0. The van der Waals surface area contributed by atoms with E-state index in [9.17, 15) is 0 Å². The van der Waals surface area contributed by atoms with Crippen LogP contribution in [0, 0.1) is 0 Å². The first kappa shape index (κ1) is 39.0. The van der Waals surface area contributed by atoms with Crippen LogP contribution in [0.15, 0.2) is 255 Å². The zero-order valence-electron chi connectivity index (χ0n) is 36.4. The van der Waals surface area contributed by atoms with E-state index < -0.39 is 0 Å². The van der Waals surface area contributed by atoms with Crippen LogP contribution in [-0.4, -0.2) is 0 Å². The molecule has 66 heavy (non-hydrogen) atoms. The normalized spacial score (nSPS) is 11.6. The first-order chi connectivity index (χ1) is 32.7. The average molecular weight is 837 g/mol. The van der Waals surface area contributed by atoms with Gasteiger partial charge in [-0.05, 0) is 139 Å². The third-order valence-corrected chi connectivity index (χ3v) is 13.2. The SMILES string of the molecule is C(=Cc1cccc(-c2ccc3c(-c4ccccc4)c4ccccc4c(-c4ccccc4)c3c2)c1)c1cccc(-c2ccc(-c3c4ccccc4c(-c4ccccc4)c4ccccc34)cc2)c1. The largest absolute Gasteiger partial charge is 0.0622 e. The van der Waals surface area contributed by atoms with Crippen molar-refractivity contribution in [3.63, 3.8) is 0 Å². The molecule has 0 aliphatic carbocycles. The zero-order valence-corrected chi connectivity index (χ0v) is 36.4. The van der Waals surface area contributed by atoms with Gasteiger partial charge in [0.15, 0.2) is 0 Å². The van der Waals surface area contributed by atoms with Gasteiger partial charge in [0.1, 0.15) is 0 Å². The summed E-state index contributed by atoms with van der Waals surface area (Å²) in [6.07, 6.45) is 4.47. The van der Waals surface area contributed by atoms with Crippen molar-refractivity contribution in [1.82, 2.24) is 0 Å². The van der Waals surface area contributed by atoms with Crippen LogP contribution >= 0.6 is 0 Å². The molecule has 0 heteroatoms. The molecule has 0 nitrogen and oxygen atoms in total. The standard InChI is InChI=1S/C66H44/c1-4-20-48(21-5-1)63-55-28-10-12-30-57(55)65(58-31-13-11-29-56(58)63)51-38-36-47(37-39-51)52-26-16-18-45(42-52)34-35-46-19-17-27-53(43-46)54-40-41-61-62(44-54)66(50-24-8-3-9-25-50)60-33-15-14-32-59(60)64(61)49-22-6-2-7-23-49/h1-44H. The zero-order chi connectivity index (χ0) is 43.8. The van der Waals surface area contributed by atoms with E-state index in [1.54, 1.807) is 0 Å². The summed E-state index contributed by atoms with van der Waals surface area (Å²) in [6.45, 7) is 0. The molecule has 0 saturated carbocycles. The number of benzene rings is 12. The van der Waals surface area contributed by atoms with Gasteiger partial charge in [-0.1, -0.05) is 249 Å². The van der Waals surface area contributed by atoms with Crippen molar-refractivity contribution in [2.24, 2.45) is 0 Å². The lowest BCUT2D eigenvalue weighted by atomic mass is 9.85. The first-order valence-electron chi connectivity index (χ1n) is 22.8. The molecule has 0 amide bonds. The van der Waals surface area contributed by atoms with Gasteiger partial charge in [0.05, 0.1) is 0 Å². The minimum atomic E-state index is 1.16. The van der Waals surface area contributed by atoms with Gasteiger partial charge in [-0.3, -0.25) is 0 Å². The fourth-order valence-electron chi connectivity index (χ4n) is 10.2. The summed E-state index contributed by atoms with van der Waals surface area (Å²) in [6, 6.07) is 93.0. The van der Waals surface area contributed by atoms with Gasteiger partial charge < -0.3 is 0 Å². The summed E-state index contributed by atoms with van der Waals surface area (Å²) in [7, 11) is 0. The summed E-state index contributed by atoms with van der Waals surface area (Å²) in [5.41, 5.74) is 17.1. The Morgan fingerprint density at radius 2 is 0.439 bits per heavy atom. The van der Waals surface area contributed by atoms with E-state index in [4.69, 9.17) is 0 Å². The number of fused-ring (bicyclic) bond motifs is 4. The molecular formula is C66H44. The first-order valence-corrected chi connectivity index (χ1v) is 22.8. The van der Waals surface area contributed by atoms with Crippen LogP contribution < -0.4 is 0 Å². The summed E-state index contributed by atoms with van der Waals surface area (Å²) in [5, 5.41) is 10.1. The van der Waals surface area contributed by atoms with Gasteiger partial charge in [-0.25, -0.2) is 0 Å². The van der Waals surface area contributed by atoms with Crippen molar-refractivity contribution in [2.45, 2.75) is 0 Å². The van der Waals surface area contributed by atoms with E-state index in [-0.39, 0.29) is 0 Å². The quantitative estimate of drug-likeness (QED) is 0.106. The lowest BCUT2D eigenvalue weighted by Gasteiger charge is -2.18. The van der Waals surface area contributed by atoms with Crippen LogP contribution in [0.4, 0.5) is 0 Å². The molecule has 0 bridgehead atoms. The predicted molar refractivity (Wildman–Crippen MR) is 284 cm³/mol. The van der Waals surface area contributed by atoms with Gasteiger partial charge >= 0.3 is 0 Å². The molecule has 0 radical (unpaired) electrons. The van der Waals surface area contributed by atoms with Crippen molar-refractivity contribution >= 4 is 55.2 Å². The maximum Gasteiger partial charge on any atom is -0.00262 e. The lowest BCUT2D eigenvalue weighted by molar-refractivity contribution is 1.59.